The highest BCUT2D eigenvalue weighted by Gasteiger charge is 2.08. The predicted octanol–water partition coefficient (Wildman–Crippen LogP) is 5.46. The molecule has 0 aromatic heterocycles. The third-order valence-electron chi connectivity index (χ3n) is 3.81. The molecular formula is C20H29ClO4. The highest BCUT2D eigenvalue weighted by molar-refractivity contribution is 6.30. The van der Waals surface area contributed by atoms with Crippen LogP contribution in [-0.2, 0) is 25.7 Å². The van der Waals surface area contributed by atoms with Crippen molar-refractivity contribution >= 4 is 23.5 Å². The smallest absolute Gasteiger partial charge is 0.306 e. The van der Waals surface area contributed by atoms with Crippen molar-refractivity contribution in [2.24, 2.45) is 0 Å². The van der Waals surface area contributed by atoms with Gasteiger partial charge in [-0.25, -0.2) is 0 Å². The molecule has 0 aliphatic rings. The summed E-state index contributed by atoms with van der Waals surface area (Å²) in [7, 11) is 0. The van der Waals surface area contributed by atoms with E-state index in [1.807, 2.05) is 12.1 Å². The maximum atomic E-state index is 11.7. The molecule has 0 amide bonds. The van der Waals surface area contributed by atoms with Gasteiger partial charge in [0.05, 0.1) is 6.61 Å². The van der Waals surface area contributed by atoms with Gasteiger partial charge in [0.25, 0.3) is 0 Å². The molecule has 0 atom stereocenters. The number of carbonyl (C=O) groups excluding carboxylic acids is 2. The van der Waals surface area contributed by atoms with Gasteiger partial charge in [-0.1, -0.05) is 62.8 Å². The molecule has 0 N–H and O–H groups in total. The van der Waals surface area contributed by atoms with Crippen molar-refractivity contribution in [2.45, 2.75) is 71.3 Å². The molecule has 0 heterocycles. The molecule has 0 fully saturated rings. The summed E-state index contributed by atoms with van der Waals surface area (Å²) < 4.78 is 10.3. The first-order valence-electron chi connectivity index (χ1n) is 9.17. The van der Waals surface area contributed by atoms with Gasteiger partial charge in [-0.2, -0.15) is 0 Å². The minimum atomic E-state index is -0.316. The zero-order chi connectivity index (χ0) is 18.3. The minimum absolute atomic E-state index is 0.196. The van der Waals surface area contributed by atoms with Gasteiger partial charge in [0.1, 0.15) is 6.61 Å². The second kappa shape index (κ2) is 13.7. The number of unbranched alkanes of at least 4 members (excludes halogenated alkanes) is 5. The average Bonchev–Trinajstić information content (AvgIpc) is 2.59. The number of benzene rings is 1. The van der Waals surface area contributed by atoms with E-state index in [2.05, 4.69) is 6.92 Å². The Bertz CT molecular complexity index is 516. The van der Waals surface area contributed by atoms with Crippen LogP contribution in [0.25, 0.3) is 0 Å². The minimum Gasteiger partial charge on any atom is -0.466 e. The van der Waals surface area contributed by atoms with E-state index in [1.54, 1.807) is 12.1 Å². The van der Waals surface area contributed by atoms with Crippen molar-refractivity contribution in [1.29, 1.82) is 0 Å². The lowest BCUT2D eigenvalue weighted by atomic mass is 10.1. The average molecular weight is 369 g/mol. The van der Waals surface area contributed by atoms with Crippen LogP contribution in [0.3, 0.4) is 0 Å². The summed E-state index contributed by atoms with van der Waals surface area (Å²) in [5.74, 6) is -0.556. The van der Waals surface area contributed by atoms with Gasteiger partial charge in [-0.15, -0.1) is 0 Å². The van der Waals surface area contributed by atoms with Gasteiger partial charge in [0.15, 0.2) is 0 Å². The number of carbonyl (C=O) groups is 2. The number of halogens is 1. The normalized spacial score (nSPS) is 10.5. The number of hydrogen-bond donors (Lipinski definition) is 0. The molecule has 0 radical (unpaired) electrons. The summed E-state index contributed by atoms with van der Waals surface area (Å²) in [6.07, 6.45) is 7.88. The van der Waals surface area contributed by atoms with Crippen LogP contribution in [0.15, 0.2) is 24.3 Å². The molecule has 4 nitrogen and oxygen atoms in total. The quantitative estimate of drug-likeness (QED) is 0.343. The van der Waals surface area contributed by atoms with Crippen LogP contribution in [0.1, 0.15) is 70.3 Å². The predicted molar refractivity (Wildman–Crippen MR) is 99.4 cm³/mol. The molecule has 1 aromatic carbocycles. The first-order chi connectivity index (χ1) is 12.1. The number of esters is 2. The van der Waals surface area contributed by atoms with Crippen LogP contribution in [0.2, 0.25) is 5.02 Å². The first-order valence-corrected chi connectivity index (χ1v) is 9.55. The Labute approximate surface area is 155 Å². The molecule has 0 spiro atoms. The summed E-state index contributed by atoms with van der Waals surface area (Å²) in [6.45, 7) is 2.86. The van der Waals surface area contributed by atoms with Gasteiger partial charge in [0, 0.05) is 17.9 Å². The van der Waals surface area contributed by atoms with E-state index >= 15 is 0 Å². The molecule has 0 aliphatic carbocycles. The van der Waals surface area contributed by atoms with E-state index in [4.69, 9.17) is 21.1 Å². The second-order valence-corrected chi connectivity index (χ2v) is 6.57. The van der Waals surface area contributed by atoms with E-state index in [-0.39, 0.29) is 31.4 Å². The largest absolute Gasteiger partial charge is 0.466 e. The summed E-state index contributed by atoms with van der Waals surface area (Å²) in [5, 5.41) is 0.613. The van der Waals surface area contributed by atoms with Crippen molar-refractivity contribution in [3.05, 3.63) is 34.9 Å². The van der Waals surface area contributed by atoms with Crippen LogP contribution >= 0.6 is 11.6 Å². The van der Waals surface area contributed by atoms with Gasteiger partial charge in [0.2, 0.25) is 0 Å². The van der Waals surface area contributed by atoms with E-state index in [9.17, 15) is 9.59 Å². The Morgan fingerprint density at radius 2 is 1.60 bits per heavy atom. The Morgan fingerprint density at radius 3 is 2.32 bits per heavy atom. The molecular weight excluding hydrogens is 340 g/mol. The maximum Gasteiger partial charge on any atom is 0.306 e. The molecule has 140 valence electrons. The Balaban J connectivity index is 2.00. The van der Waals surface area contributed by atoms with Gasteiger partial charge in [-0.3, -0.25) is 9.59 Å². The lowest BCUT2D eigenvalue weighted by Gasteiger charge is -2.06. The van der Waals surface area contributed by atoms with Crippen LogP contribution in [0, 0.1) is 0 Å². The maximum absolute atomic E-state index is 11.7. The monoisotopic (exact) mass is 368 g/mol. The van der Waals surface area contributed by atoms with Crippen LogP contribution in [-0.4, -0.2) is 18.5 Å². The van der Waals surface area contributed by atoms with Gasteiger partial charge >= 0.3 is 11.9 Å². The molecule has 0 bridgehead atoms. The highest BCUT2D eigenvalue weighted by Crippen LogP contribution is 2.12. The van der Waals surface area contributed by atoms with Crippen molar-refractivity contribution in [3.63, 3.8) is 0 Å². The standard InChI is InChI=1S/C20H29ClO4/c1-2-3-4-5-6-7-14-24-19(22)12-9-13-20(23)25-16-17-10-8-11-18(21)15-17/h8,10-11,15H,2-7,9,12-14,16H2,1H3. The molecule has 0 saturated heterocycles. The first kappa shape index (κ1) is 21.5. The molecule has 0 unspecified atom stereocenters. The zero-order valence-electron chi connectivity index (χ0n) is 15.1. The third kappa shape index (κ3) is 11.6. The summed E-state index contributed by atoms with van der Waals surface area (Å²) >= 11 is 5.87. The van der Waals surface area contributed by atoms with E-state index in [1.165, 1.54) is 25.7 Å². The van der Waals surface area contributed by atoms with Crippen LogP contribution < -0.4 is 0 Å². The van der Waals surface area contributed by atoms with E-state index < -0.39 is 0 Å². The van der Waals surface area contributed by atoms with Crippen molar-refractivity contribution in [2.75, 3.05) is 6.61 Å². The Kier molecular flexibility index (Phi) is 11.8. The molecule has 5 heteroatoms. The summed E-state index contributed by atoms with van der Waals surface area (Å²) in [5.41, 5.74) is 0.846. The van der Waals surface area contributed by atoms with Crippen LogP contribution in [0.4, 0.5) is 0 Å². The number of hydrogen-bond acceptors (Lipinski definition) is 4. The fraction of sp³-hybridized carbons (Fsp3) is 0.600. The van der Waals surface area contributed by atoms with Crippen molar-refractivity contribution in [1.82, 2.24) is 0 Å². The van der Waals surface area contributed by atoms with Crippen molar-refractivity contribution < 1.29 is 19.1 Å². The number of ether oxygens (including phenoxy) is 2. The summed E-state index contributed by atoms with van der Waals surface area (Å²) in [6, 6.07) is 7.18. The van der Waals surface area contributed by atoms with Gasteiger partial charge in [-0.05, 0) is 30.5 Å². The Morgan fingerprint density at radius 1 is 0.920 bits per heavy atom. The Hall–Kier alpha value is -1.55. The van der Waals surface area contributed by atoms with E-state index in [0.717, 1.165) is 18.4 Å². The molecule has 1 aromatic rings. The highest BCUT2D eigenvalue weighted by atomic mass is 35.5. The fourth-order valence-corrected chi connectivity index (χ4v) is 2.59. The summed E-state index contributed by atoms with van der Waals surface area (Å²) in [4.78, 5) is 23.2. The topological polar surface area (TPSA) is 52.6 Å². The third-order valence-corrected chi connectivity index (χ3v) is 4.05. The number of rotatable bonds is 13. The molecule has 25 heavy (non-hydrogen) atoms. The van der Waals surface area contributed by atoms with Crippen molar-refractivity contribution in [3.8, 4) is 0 Å². The molecule has 1 rings (SSSR count). The lowest BCUT2D eigenvalue weighted by Crippen LogP contribution is -2.08. The molecule has 0 saturated carbocycles. The van der Waals surface area contributed by atoms with Crippen LogP contribution in [0.5, 0.6) is 0 Å². The zero-order valence-corrected chi connectivity index (χ0v) is 15.9. The second-order valence-electron chi connectivity index (χ2n) is 6.13. The molecule has 0 aliphatic heterocycles. The lowest BCUT2D eigenvalue weighted by molar-refractivity contribution is -0.146. The van der Waals surface area contributed by atoms with Gasteiger partial charge < -0.3 is 9.47 Å². The van der Waals surface area contributed by atoms with E-state index in [0.29, 0.717) is 18.1 Å². The fourth-order valence-electron chi connectivity index (χ4n) is 2.38. The SMILES string of the molecule is CCCCCCCCOC(=O)CCCC(=O)OCc1cccc(Cl)c1.